The van der Waals surface area contributed by atoms with Crippen molar-refractivity contribution in [2.45, 2.75) is 12.5 Å². The Morgan fingerprint density at radius 3 is 2.42 bits per heavy atom. The molecule has 2 saturated heterocycles. The first-order valence-electron chi connectivity index (χ1n) is 4.87. The maximum absolute atomic E-state index is 5.41. The second-order valence-electron chi connectivity index (χ2n) is 3.89. The smallest absolute Gasteiger partial charge is 0.0723 e. The largest absolute Gasteiger partial charge is 0.377 e. The Kier molecular flexibility index (Phi) is 2.63. The molecule has 2 rings (SSSR count). The highest BCUT2D eigenvalue weighted by Gasteiger charge is 2.23. The van der Waals surface area contributed by atoms with E-state index in [1.807, 2.05) is 0 Å². The minimum absolute atomic E-state index is 0.549. The van der Waals surface area contributed by atoms with Crippen molar-refractivity contribution in [3.8, 4) is 0 Å². The van der Waals surface area contributed by atoms with E-state index in [4.69, 9.17) is 4.74 Å². The molecular weight excluding hydrogens is 152 g/mol. The summed E-state index contributed by atoms with van der Waals surface area (Å²) >= 11 is 0. The van der Waals surface area contributed by atoms with Crippen molar-refractivity contribution in [1.82, 2.24) is 9.80 Å². The Balaban J connectivity index is 1.67. The fourth-order valence-electron chi connectivity index (χ4n) is 1.75. The van der Waals surface area contributed by atoms with Crippen LogP contribution in [0.2, 0.25) is 0 Å². The van der Waals surface area contributed by atoms with Crippen LogP contribution in [-0.2, 0) is 4.74 Å². The van der Waals surface area contributed by atoms with E-state index in [0.29, 0.717) is 6.10 Å². The number of hydrogen-bond donors (Lipinski definition) is 0. The monoisotopic (exact) mass is 170 g/mol. The van der Waals surface area contributed by atoms with Crippen molar-refractivity contribution in [3.63, 3.8) is 0 Å². The van der Waals surface area contributed by atoms with E-state index < -0.39 is 0 Å². The van der Waals surface area contributed by atoms with E-state index in [1.165, 1.54) is 32.6 Å². The van der Waals surface area contributed by atoms with E-state index >= 15 is 0 Å². The second kappa shape index (κ2) is 3.73. The van der Waals surface area contributed by atoms with Gasteiger partial charge in [-0.15, -0.1) is 0 Å². The molecule has 0 aromatic rings. The van der Waals surface area contributed by atoms with Crippen molar-refractivity contribution >= 4 is 0 Å². The Morgan fingerprint density at radius 1 is 1.25 bits per heavy atom. The zero-order valence-electron chi connectivity index (χ0n) is 7.83. The van der Waals surface area contributed by atoms with Gasteiger partial charge >= 0.3 is 0 Å². The summed E-state index contributed by atoms with van der Waals surface area (Å²) in [5.74, 6) is 0. The van der Waals surface area contributed by atoms with E-state index in [2.05, 4.69) is 16.8 Å². The van der Waals surface area contributed by atoms with Crippen LogP contribution in [0.4, 0.5) is 0 Å². The SMILES string of the molecule is CN1CCN(CC2CCO2)CC1. The predicted molar refractivity (Wildman–Crippen MR) is 48.3 cm³/mol. The summed E-state index contributed by atoms with van der Waals surface area (Å²) in [6, 6.07) is 0. The molecule has 3 heteroatoms. The fraction of sp³-hybridized carbons (Fsp3) is 1.00. The molecule has 0 radical (unpaired) electrons. The number of likely N-dealkylation sites (N-methyl/N-ethyl adjacent to an activating group) is 1. The number of piperazine rings is 1. The molecule has 0 aromatic heterocycles. The van der Waals surface area contributed by atoms with E-state index in [-0.39, 0.29) is 0 Å². The maximum Gasteiger partial charge on any atom is 0.0723 e. The van der Waals surface area contributed by atoms with Crippen LogP contribution in [0.25, 0.3) is 0 Å². The molecule has 0 saturated carbocycles. The summed E-state index contributed by atoms with van der Waals surface area (Å²) in [6.45, 7) is 7.01. The highest BCUT2D eigenvalue weighted by atomic mass is 16.5. The molecule has 1 unspecified atom stereocenters. The van der Waals surface area contributed by atoms with Crippen molar-refractivity contribution in [2.24, 2.45) is 0 Å². The van der Waals surface area contributed by atoms with Gasteiger partial charge in [-0.25, -0.2) is 0 Å². The first kappa shape index (κ1) is 8.48. The number of ether oxygens (including phenoxy) is 1. The summed E-state index contributed by atoms with van der Waals surface area (Å²) in [5.41, 5.74) is 0. The Hall–Kier alpha value is -0.120. The van der Waals surface area contributed by atoms with E-state index in [0.717, 1.165) is 13.2 Å². The number of nitrogens with zero attached hydrogens (tertiary/aromatic N) is 2. The molecule has 12 heavy (non-hydrogen) atoms. The Morgan fingerprint density at radius 2 is 1.92 bits per heavy atom. The van der Waals surface area contributed by atoms with Crippen molar-refractivity contribution in [2.75, 3.05) is 46.4 Å². The van der Waals surface area contributed by atoms with Crippen LogP contribution in [0.5, 0.6) is 0 Å². The molecular formula is C9H18N2O. The summed E-state index contributed by atoms with van der Waals surface area (Å²) in [4.78, 5) is 4.90. The van der Waals surface area contributed by atoms with Crippen LogP contribution < -0.4 is 0 Å². The molecule has 0 spiro atoms. The Bertz CT molecular complexity index is 139. The molecule has 2 aliphatic rings. The maximum atomic E-state index is 5.41. The van der Waals surface area contributed by atoms with Crippen LogP contribution in [-0.4, -0.2) is 62.3 Å². The predicted octanol–water partition coefficient (Wildman–Crippen LogP) is 0.0227. The zero-order valence-corrected chi connectivity index (χ0v) is 7.83. The molecule has 2 aliphatic heterocycles. The molecule has 0 N–H and O–H groups in total. The first-order valence-corrected chi connectivity index (χ1v) is 4.87. The normalized spacial score (nSPS) is 33.2. The standard InChI is InChI=1S/C9H18N2O/c1-10-3-5-11(6-4-10)8-9-2-7-12-9/h9H,2-8H2,1H3. The molecule has 0 aliphatic carbocycles. The lowest BCUT2D eigenvalue weighted by molar-refractivity contribution is -0.0705. The topological polar surface area (TPSA) is 15.7 Å². The van der Waals surface area contributed by atoms with Gasteiger partial charge in [0.1, 0.15) is 0 Å². The molecule has 2 heterocycles. The molecule has 0 aromatic carbocycles. The highest BCUT2D eigenvalue weighted by molar-refractivity contribution is 4.75. The van der Waals surface area contributed by atoms with Crippen molar-refractivity contribution in [3.05, 3.63) is 0 Å². The number of hydrogen-bond acceptors (Lipinski definition) is 3. The van der Waals surface area contributed by atoms with Crippen molar-refractivity contribution < 1.29 is 4.74 Å². The van der Waals surface area contributed by atoms with Gasteiger partial charge in [-0.05, 0) is 13.5 Å². The van der Waals surface area contributed by atoms with E-state index in [9.17, 15) is 0 Å². The summed E-state index contributed by atoms with van der Waals surface area (Å²) in [6.07, 6.45) is 1.82. The third-order valence-corrected chi connectivity index (χ3v) is 2.85. The fourth-order valence-corrected chi connectivity index (χ4v) is 1.75. The second-order valence-corrected chi connectivity index (χ2v) is 3.89. The average molecular weight is 170 g/mol. The Labute approximate surface area is 74.3 Å². The average Bonchev–Trinajstić information content (AvgIpc) is 2.00. The lowest BCUT2D eigenvalue weighted by atomic mass is 10.1. The minimum Gasteiger partial charge on any atom is -0.377 e. The van der Waals surface area contributed by atoms with Crippen LogP contribution in [0, 0.1) is 0 Å². The van der Waals surface area contributed by atoms with Gasteiger partial charge in [-0.3, -0.25) is 4.90 Å². The van der Waals surface area contributed by atoms with Gasteiger partial charge in [0, 0.05) is 39.3 Å². The third kappa shape index (κ3) is 1.97. The van der Waals surface area contributed by atoms with E-state index in [1.54, 1.807) is 0 Å². The van der Waals surface area contributed by atoms with Gasteiger partial charge in [-0.2, -0.15) is 0 Å². The molecule has 70 valence electrons. The first-order chi connectivity index (χ1) is 5.84. The van der Waals surface area contributed by atoms with Gasteiger partial charge < -0.3 is 9.64 Å². The van der Waals surface area contributed by atoms with Gasteiger partial charge in [-0.1, -0.05) is 0 Å². The van der Waals surface area contributed by atoms with Gasteiger partial charge in [0.25, 0.3) is 0 Å². The van der Waals surface area contributed by atoms with Crippen LogP contribution >= 0.6 is 0 Å². The quantitative estimate of drug-likeness (QED) is 0.581. The lowest BCUT2D eigenvalue weighted by Crippen LogP contribution is -2.49. The van der Waals surface area contributed by atoms with Gasteiger partial charge in [0.05, 0.1) is 6.10 Å². The van der Waals surface area contributed by atoms with Crippen molar-refractivity contribution in [1.29, 1.82) is 0 Å². The molecule has 2 fully saturated rings. The molecule has 1 atom stereocenters. The van der Waals surface area contributed by atoms with Crippen LogP contribution in [0.3, 0.4) is 0 Å². The van der Waals surface area contributed by atoms with Gasteiger partial charge in [0.2, 0.25) is 0 Å². The molecule has 0 amide bonds. The number of rotatable bonds is 2. The van der Waals surface area contributed by atoms with Crippen LogP contribution in [0.15, 0.2) is 0 Å². The van der Waals surface area contributed by atoms with Gasteiger partial charge in [0.15, 0.2) is 0 Å². The molecule has 3 nitrogen and oxygen atoms in total. The minimum atomic E-state index is 0.549. The highest BCUT2D eigenvalue weighted by Crippen LogP contribution is 2.13. The van der Waals surface area contributed by atoms with Crippen LogP contribution in [0.1, 0.15) is 6.42 Å². The zero-order chi connectivity index (χ0) is 8.39. The lowest BCUT2D eigenvalue weighted by Gasteiger charge is -2.37. The third-order valence-electron chi connectivity index (χ3n) is 2.85. The summed E-state index contributed by atoms with van der Waals surface area (Å²) in [5, 5.41) is 0. The summed E-state index contributed by atoms with van der Waals surface area (Å²) < 4.78 is 5.41. The molecule has 0 bridgehead atoms. The summed E-state index contributed by atoms with van der Waals surface area (Å²) in [7, 11) is 2.19.